The summed E-state index contributed by atoms with van der Waals surface area (Å²) >= 11 is 0.378. The van der Waals surface area contributed by atoms with E-state index < -0.39 is 41.8 Å². The van der Waals surface area contributed by atoms with Crippen LogP contribution in [0.4, 0.5) is 17.6 Å². The van der Waals surface area contributed by atoms with Gasteiger partial charge in [0.05, 0.1) is 18.1 Å². The molecular formula is C9H11F4NO3S. The van der Waals surface area contributed by atoms with E-state index in [0.29, 0.717) is 11.8 Å². The van der Waals surface area contributed by atoms with Crippen LogP contribution in [0.5, 0.6) is 0 Å². The second kappa shape index (κ2) is 5.33. The van der Waals surface area contributed by atoms with Crippen LogP contribution in [0.15, 0.2) is 0 Å². The predicted octanol–water partition coefficient (Wildman–Crippen LogP) is 1.31. The van der Waals surface area contributed by atoms with Crippen LogP contribution in [-0.4, -0.2) is 58.3 Å². The Hall–Kier alpha value is -0.990. The molecule has 104 valence electrons. The van der Waals surface area contributed by atoms with E-state index in [9.17, 15) is 27.2 Å². The van der Waals surface area contributed by atoms with Crippen LogP contribution >= 0.6 is 11.8 Å². The molecule has 4 nitrogen and oxygen atoms in total. The van der Waals surface area contributed by atoms with Gasteiger partial charge in [-0.2, -0.15) is 13.2 Å². The number of rotatable bonds is 4. The van der Waals surface area contributed by atoms with Gasteiger partial charge in [-0.15, -0.1) is 11.8 Å². The number of carboxylic acid groups (broad SMARTS) is 1. The molecule has 0 spiro atoms. The predicted molar refractivity (Wildman–Crippen MR) is 56.1 cm³/mol. The summed E-state index contributed by atoms with van der Waals surface area (Å²) in [5, 5.41) is 8.59. The van der Waals surface area contributed by atoms with Gasteiger partial charge in [0.1, 0.15) is 0 Å². The number of aliphatic carboxylic acids is 1. The molecule has 1 atom stereocenters. The lowest BCUT2D eigenvalue weighted by Gasteiger charge is -2.17. The van der Waals surface area contributed by atoms with Gasteiger partial charge in [-0.1, -0.05) is 0 Å². The first-order valence-corrected chi connectivity index (χ1v) is 6.14. The maximum absolute atomic E-state index is 13.6. The summed E-state index contributed by atoms with van der Waals surface area (Å²) in [5.74, 6) is -3.92. The fourth-order valence-electron chi connectivity index (χ4n) is 1.51. The molecule has 0 aliphatic carbocycles. The molecule has 1 N–H and O–H groups in total. The molecule has 1 fully saturated rings. The van der Waals surface area contributed by atoms with Gasteiger partial charge in [0.25, 0.3) is 0 Å². The summed E-state index contributed by atoms with van der Waals surface area (Å²) in [6.07, 6.45) is -4.70. The van der Waals surface area contributed by atoms with Crippen molar-refractivity contribution < 1.29 is 32.3 Å². The van der Waals surface area contributed by atoms with Gasteiger partial charge in [-0.05, 0) is 0 Å². The Bertz CT molecular complexity index is 349. The first-order chi connectivity index (χ1) is 8.14. The van der Waals surface area contributed by atoms with E-state index in [2.05, 4.69) is 0 Å². The first-order valence-electron chi connectivity index (χ1n) is 4.99. The second-order valence-corrected chi connectivity index (χ2v) is 4.93. The highest BCUT2D eigenvalue weighted by molar-refractivity contribution is 8.00. The summed E-state index contributed by atoms with van der Waals surface area (Å²) in [4.78, 5) is 22.9. The van der Waals surface area contributed by atoms with E-state index in [1.165, 1.54) is 0 Å². The monoisotopic (exact) mass is 289 g/mol. The SMILES string of the molecule is O=C(CSCC(F)(F)F)N1CCC(F)(C(=O)O)C1. The van der Waals surface area contributed by atoms with Gasteiger partial charge >= 0.3 is 12.1 Å². The molecule has 0 bridgehead atoms. The fourth-order valence-corrected chi connectivity index (χ4v) is 2.20. The molecule has 9 heteroatoms. The molecule has 1 saturated heterocycles. The van der Waals surface area contributed by atoms with Gasteiger partial charge < -0.3 is 10.0 Å². The van der Waals surface area contributed by atoms with Gasteiger partial charge in [0, 0.05) is 13.0 Å². The van der Waals surface area contributed by atoms with E-state index >= 15 is 0 Å². The molecule has 0 aromatic heterocycles. The van der Waals surface area contributed by atoms with Crippen LogP contribution < -0.4 is 0 Å². The molecule has 0 saturated carbocycles. The van der Waals surface area contributed by atoms with Crippen molar-refractivity contribution in [1.82, 2.24) is 4.90 Å². The van der Waals surface area contributed by atoms with E-state index in [-0.39, 0.29) is 13.0 Å². The molecular weight excluding hydrogens is 278 g/mol. The number of alkyl halides is 4. The molecule has 0 aromatic rings. The van der Waals surface area contributed by atoms with Crippen molar-refractivity contribution in [2.24, 2.45) is 0 Å². The lowest BCUT2D eigenvalue weighted by atomic mass is 10.1. The van der Waals surface area contributed by atoms with Crippen molar-refractivity contribution in [2.45, 2.75) is 18.3 Å². The van der Waals surface area contributed by atoms with Gasteiger partial charge in [0.2, 0.25) is 11.6 Å². The van der Waals surface area contributed by atoms with E-state index in [0.717, 1.165) is 4.90 Å². The van der Waals surface area contributed by atoms with Crippen molar-refractivity contribution in [1.29, 1.82) is 0 Å². The fraction of sp³-hybridized carbons (Fsp3) is 0.778. The Morgan fingerprint density at radius 3 is 2.44 bits per heavy atom. The lowest BCUT2D eigenvalue weighted by Crippen LogP contribution is -2.39. The average molecular weight is 289 g/mol. The minimum absolute atomic E-state index is 0.0891. The quantitative estimate of drug-likeness (QED) is 0.793. The van der Waals surface area contributed by atoms with Gasteiger partial charge in [-0.25, -0.2) is 9.18 Å². The number of nitrogens with zero attached hydrogens (tertiary/aromatic N) is 1. The maximum atomic E-state index is 13.6. The molecule has 1 unspecified atom stereocenters. The average Bonchev–Trinajstić information content (AvgIpc) is 2.60. The largest absolute Gasteiger partial charge is 0.479 e. The zero-order chi connectivity index (χ0) is 14.0. The number of halogens is 4. The van der Waals surface area contributed by atoms with Crippen LogP contribution in [0.25, 0.3) is 0 Å². The van der Waals surface area contributed by atoms with Crippen LogP contribution in [0.1, 0.15) is 6.42 Å². The molecule has 0 aromatic carbocycles. The summed E-state index contributed by atoms with van der Waals surface area (Å²) in [6, 6.07) is 0. The van der Waals surface area contributed by atoms with Crippen molar-refractivity contribution in [2.75, 3.05) is 24.6 Å². The highest BCUT2D eigenvalue weighted by Gasteiger charge is 2.46. The van der Waals surface area contributed by atoms with Crippen molar-refractivity contribution in [3.05, 3.63) is 0 Å². The van der Waals surface area contributed by atoms with Crippen LogP contribution in [0, 0.1) is 0 Å². The second-order valence-electron chi connectivity index (χ2n) is 3.94. The molecule has 0 radical (unpaired) electrons. The number of carbonyl (C=O) groups excluding carboxylic acids is 1. The number of likely N-dealkylation sites (tertiary alicyclic amines) is 1. The summed E-state index contributed by atoms with van der Waals surface area (Å²) < 4.78 is 49.1. The smallest absolute Gasteiger partial charge is 0.397 e. The molecule has 1 heterocycles. The Morgan fingerprint density at radius 1 is 1.39 bits per heavy atom. The van der Waals surface area contributed by atoms with Gasteiger partial charge in [0.15, 0.2) is 0 Å². The third-order valence-corrected chi connectivity index (χ3v) is 3.43. The topological polar surface area (TPSA) is 57.6 Å². The standard InChI is InChI=1S/C9H11F4NO3S/c10-8(7(16)17)1-2-14(4-8)6(15)3-18-5-9(11,12)13/h1-5H2,(H,16,17). The third kappa shape index (κ3) is 4.04. The molecule has 1 aliphatic heterocycles. The first kappa shape index (κ1) is 15.1. The van der Waals surface area contributed by atoms with Crippen LogP contribution in [-0.2, 0) is 9.59 Å². The Kier molecular flexibility index (Phi) is 4.46. The molecule has 1 amide bonds. The number of thioether (sulfide) groups is 1. The normalized spacial score (nSPS) is 24.3. The summed E-state index contributed by atoms with van der Waals surface area (Å²) in [7, 11) is 0. The van der Waals surface area contributed by atoms with Crippen LogP contribution in [0.2, 0.25) is 0 Å². The zero-order valence-corrected chi connectivity index (χ0v) is 9.98. The number of amides is 1. The minimum Gasteiger partial charge on any atom is -0.479 e. The Labute approximate surface area is 104 Å². The molecule has 18 heavy (non-hydrogen) atoms. The van der Waals surface area contributed by atoms with Crippen molar-refractivity contribution >= 4 is 23.6 Å². The molecule has 1 rings (SSSR count). The number of carbonyl (C=O) groups is 2. The number of hydrogen-bond donors (Lipinski definition) is 1. The van der Waals surface area contributed by atoms with Crippen molar-refractivity contribution in [3.63, 3.8) is 0 Å². The zero-order valence-electron chi connectivity index (χ0n) is 9.17. The molecule has 1 aliphatic rings. The number of carboxylic acids is 1. The highest BCUT2D eigenvalue weighted by Crippen LogP contribution is 2.27. The van der Waals surface area contributed by atoms with E-state index in [4.69, 9.17) is 5.11 Å². The van der Waals surface area contributed by atoms with Gasteiger partial charge in [-0.3, -0.25) is 4.79 Å². The Balaban J connectivity index is 2.39. The third-order valence-electron chi connectivity index (χ3n) is 2.45. The summed E-state index contributed by atoms with van der Waals surface area (Å²) in [5.41, 5.74) is -2.48. The van der Waals surface area contributed by atoms with E-state index in [1.54, 1.807) is 0 Å². The highest BCUT2D eigenvalue weighted by atomic mass is 32.2. The van der Waals surface area contributed by atoms with Crippen LogP contribution in [0.3, 0.4) is 0 Å². The number of hydrogen-bond acceptors (Lipinski definition) is 3. The summed E-state index contributed by atoms with van der Waals surface area (Å²) in [6.45, 7) is -0.693. The minimum atomic E-state index is -4.36. The Morgan fingerprint density at radius 2 is 2.00 bits per heavy atom. The lowest BCUT2D eigenvalue weighted by molar-refractivity contribution is -0.150. The maximum Gasteiger partial charge on any atom is 0.397 e. The van der Waals surface area contributed by atoms with E-state index in [1.807, 2.05) is 0 Å². The van der Waals surface area contributed by atoms with Crippen molar-refractivity contribution in [3.8, 4) is 0 Å².